The molecule has 0 aromatic heterocycles. The van der Waals surface area contributed by atoms with E-state index in [0.29, 0.717) is 6.61 Å². The van der Waals surface area contributed by atoms with Crippen LogP contribution in [0.1, 0.15) is 72.1 Å². The fourth-order valence-electron chi connectivity index (χ4n) is 3.55. The van der Waals surface area contributed by atoms with Gasteiger partial charge in [-0.25, -0.2) is 0 Å². The zero-order chi connectivity index (χ0) is 18.1. The van der Waals surface area contributed by atoms with Crippen LogP contribution < -0.4 is 0 Å². The molecule has 1 aliphatic heterocycles. The molecule has 0 saturated carbocycles. The fourth-order valence-corrected chi connectivity index (χ4v) is 3.55. The quantitative estimate of drug-likeness (QED) is 0.248. The van der Waals surface area contributed by atoms with Gasteiger partial charge < -0.3 is 23.7 Å². The van der Waals surface area contributed by atoms with Crippen molar-refractivity contribution >= 4 is 0 Å². The highest BCUT2D eigenvalue weighted by molar-refractivity contribution is 5.01. The number of hydrogen-bond donors (Lipinski definition) is 0. The number of hydrogen-bond acceptors (Lipinski definition) is 5. The molecule has 0 N–H and O–H groups in total. The third kappa shape index (κ3) is 5.15. The van der Waals surface area contributed by atoms with Gasteiger partial charge in [-0.3, -0.25) is 0 Å². The third-order valence-electron chi connectivity index (χ3n) is 5.01. The molecule has 0 aliphatic carbocycles. The van der Waals surface area contributed by atoms with E-state index in [2.05, 4.69) is 13.8 Å². The molecule has 1 fully saturated rings. The molecular weight excluding hydrogens is 308 g/mol. The molecule has 0 amide bonds. The normalized spacial score (nSPS) is 25.0. The van der Waals surface area contributed by atoms with E-state index in [1.807, 2.05) is 6.92 Å². The summed E-state index contributed by atoms with van der Waals surface area (Å²) in [6.45, 7) is 7.03. The van der Waals surface area contributed by atoms with Gasteiger partial charge in [0.1, 0.15) is 6.10 Å². The highest BCUT2D eigenvalue weighted by Crippen LogP contribution is 2.51. The summed E-state index contributed by atoms with van der Waals surface area (Å²) in [7, 11) is 4.84. The molecule has 24 heavy (non-hydrogen) atoms. The van der Waals surface area contributed by atoms with E-state index in [1.54, 1.807) is 21.3 Å². The number of epoxide rings is 1. The van der Waals surface area contributed by atoms with Crippen LogP contribution in [0.4, 0.5) is 0 Å². The van der Waals surface area contributed by atoms with Crippen molar-refractivity contribution in [3.8, 4) is 0 Å². The molecule has 1 rings (SSSR count). The van der Waals surface area contributed by atoms with Gasteiger partial charge in [-0.15, -0.1) is 0 Å². The van der Waals surface area contributed by atoms with Gasteiger partial charge in [0.05, 0.1) is 5.92 Å². The van der Waals surface area contributed by atoms with Crippen molar-refractivity contribution in [2.75, 3.05) is 27.9 Å². The van der Waals surface area contributed by atoms with Crippen molar-refractivity contribution in [2.45, 2.75) is 90.0 Å². The first kappa shape index (κ1) is 21.8. The SMILES string of the molecule is CCCCCCCCC(C(OC)(OC)OC)C1(OCCC)OC1C. The monoisotopic (exact) mass is 346 g/mol. The Kier molecular flexibility index (Phi) is 9.75. The van der Waals surface area contributed by atoms with Gasteiger partial charge in [-0.05, 0) is 19.8 Å². The Balaban J connectivity index is 2.76. The first-order valence-electron chi connectivity index (χ1n) is 9.54. The summed E-state index contributed by atoms with van der Waals surface area (Å²) in [5, 5.41) is 0. The highest BCUT2D eigenvalue weighted by atomic mass is 16.9. The summed E-state index contributed by atoms with van der Waals surface area (Å²) in [5.41, 5.74) is 0. The Morgan fingerprint density at radius 3 is 1.92 bits per heavy atom. The van der Waals surface area contributed by atoms with Crippen molar-refractivity contribution in [1.82, 2.24) is 0 Å². The maximum Gasteiger partial charge on any atom is 0.290 e. The second-order valence-corrected chi connectivity index (χ2v) is 6.65. The fraction of sp³-hybridized carbons (Fsp3) is 1.00. The van der Waals surface area contributed by atoms with E-state index >= 15 is 0 Å². The van der Waals surface area contributed by atoms with Gasteiger partial charge in [0.2, 0.25) is 5.79 Å². The third-order valence-corrected chi connectivity index (χ3v) is 5.01. The van der Waals surface area contributed by atoms with E-state index in [4.69, 9.17) is 23.7 Å². The minimum Gasteiger partial charge on any atom is -0.347 e. The summed E-state index contributed by atoms with van der Waals surface area (Å²) < 4.78 is 29.0. The van der Waals surface area contributed by atoms with Crippen LogP contribution in [0.25, 0.3) is 0 Å². The average Bonchev–Trinajstić information content (AvgIpc) is 3.26. The molecule has 3 unspecified atom stereocenters. The second-order valence-electron chi connectivity index (χ2n) is 6.65. The van der Waals surface area contributed by atoms with E-state index < -0.39 is 11.8 Å². The largest absolute Gasteiger partial charge is 0.347 e. The lowest BCUT2D eigenvalue weighted by Crippen LogP contribution is -2.52. The smallest absolute Gasteiger partial charge is 0.290 e. The number of methoxy groups -OCH3 is 3. The van der Waals surface area contributed by atoms with Crippen molar-refractivity contribution in [2.24, 2.45) is 5.92 Å². The Morgan fingerprint density at radius 1 is 0.917 bits per heavy atom. The van der Waals surface area contributed by atoms with Crippen LogP contribution in [-0.4, -0.2) is 45.8 Å². The van der Waals surface area contributed by atoms with Gasteiger partial charge in [0.15, 0.2) is 0 Å². The zero-order valence-corrected chi connectivity index (χ0v) is 16.6. The molecule has 0 bridgehead atoms. The Labute approximate surface area is 148 Å². The molecule has 1 aliphatic rings. The van der Waals surface area contributed by atoms with E-state index in [-0.39, 0.29) is 12.0 Å². The van der Waals surface area contributed by atoms with E-state index in [1.165, 1.54) is 32.1 Å². The van der Waals surface area contributed by atoms with Crippen molar-refractivity contribution in [3.05, 3.63) is 0 Å². The standard InChI is InChI=1S/C19H38O5/c1-7-9-10-11-12-13-14-17(19(20-4,21-5)22-6)18(16(3)24-18)23-15-8-2/h16-17H,7-15H2,1-6H3. The molecule has 3 atom stereocenters. The maximum atomic E-state index is 6.11. The molecule has 0 spiro atoms. The number of unbranched alkanes of at least 4 members (excludes halogenated alkanes) is 5. The topological polar surface area (TPSA) is 49.5 Å². The van der Waals surface area contributed by atoms with Crippen molar-refractivity contribution < 1.29 is 23.7 Å². The van der Waals surface area contributed by atoms with E-state index in [9.17, 15) is 0 Å². The zero-order valence-electron chi connectivity index (χ0n) is 16.6. The average molecular weight is 347 g/mol. The molecule has 5 nitrogen and oxygen atoms in total. The van der Waals surface area contributed by atoms with Crippen LogP contribution in [0.2, 0.25) is 0 Å². The molecule has 1 saturated heterocycles. The summed E-state index contributed by atoms with van der Waals surface area (Å²) >= 11 is 0. The first-order chi connectivity index (χ1) is 11.6. The van der Waals surface area contributed by atoms with Crippen LogP contribution in [0.3, 0.4) is 0 Å². The predicted octanol–water partition coefficient (Wildman–Crippen LogP) is 4.49. The number of ether oxygens (including phenoxy) is 5. The molecule has 5 heteroatoms. The lowest BCUT2D eigenvalue weighted by Gasteiger charge is -2.39. The lowest BCUT2D eigenvalue weighted by atomic mass is 9.90. The summed E-state index contributed by atoms with van der Waals surface area (Å²) in [6, 6.07) is 0. The second kappa shape index (κ2) is 10.7. The molecule has 0 aromatic carbocycles. The van der Waals surface area contributed by atoms with Crippen LogP contribution in [0.15, 0.2) is 0 Å². The minimum absolute atomic E-state index is 0.0222. The van der Waals surface area contributed by atoms with Gasteiger partial charge in [0, 0.05) is 27.9 Å². The van der Waals surface area contributed by atoms with Crippen LogP contribution in [0, 0.1) is 5.92 Å². The molecule has 1 heterocycles. The summed E-state index contributed by atoms with van der Waals surface area (Å²) in [5.74, 6) is -1.93. The summed E-state index contributed by atoms with van der Waals surface area (Å²) in [6.07, 6.45) is 9.27. The van der Waals surface area contributed by atoms with Gasteiger partial charge in [-0.2, -0.15) is 0 Å². The van der Waals surface area contributed by atoms with E-state index in [0.717, 1.165) is 19.3 Å². The van der Waals surface area contributed by atoms with Crippen LogP contribution >= 0.6 is 0 Å². The Bertz CT molecular complexity index is 323. The number of rotatable bonds is 15. The molecule has 144 valence electrons. The maximum absolute atomic E-state index is 6.11. The van der Waals surface area contributed by atoms with Crippen molar-refractivity contribution in [3.63, 3.8) is 0 Å². The lowest BCUT2D eigenvalue weighted by molar-refractivity contribution is -0.399. The molecular formula is C19H38O5. The molecule has 0 aromatic rings. The predicted molar refractivity (Wildman–Crippen MR) is 94.8 cm³/mol. The molecule has 0 radical (unpaired) electrons. The van der Waals surface area contributed by atoms with Crippen LogP contribution in [-0.2, 0) is 23.7 Å². The minimum atomic E-state index is -1.14. The van der Waals surface area contributed by atoms with Crippen LogP contribution in [0.5, 0.6) is 0 Å². The first-order valence-corrected chi connectivity index (χ1v) is 9.54. The van der Waals surface area contributed by atoms with Gasteiger partial charge in [0.25, 0.3) is 5.97 Å². The van der Waals surface area contributed by atoms with Gasteiger partial charge >= 0.3 is 0 Å². The van der Waals surface area contributed by atoms with Crippen molar-refractivity contribution in [1.29, 1.82) is 0 Å². The summed E-state index contributed by atoms with van der Waals surface area (Å²) in [4.78, 5) is 0. The van der Waals surface area contributed by atoms with Gasteiger partial charge in [-0.1, -0.05) is 52.4 Å². The highest BCUT2D eigenvalue weighted by Gasteiger charge is 2.67. The Morgan fingerprint density at radius 2 is 1.46 bits per heavy atom. The Hall–Kier alpha value is -0.200.